The van der Waals surface area contributed by atoms with Crippen LogP contribution in [0.5, 0.6) is 11.5 Å². The molecule has 10 heteroatoms. The van der Waals surface area contributed by atoms with Gasteiger partial charge in [-0.1, -0.05) is 41.9 Å². The van der Waals surface area contributed by atoms with Crippen LogP contribution < -0.4 is 14.8 Å². The lowest BCUT2D eigenvalue weighted by Crippen LogP contribution is -2.36. The second-order valence-corrected chi connectivity index (χ2v) is 9.28. The average molecular weight is 541 g/mol. The van der Waals surface area contributed by atoms with E-state index in [2.05, 4.69) is 5.32 Å². The van der Waals surface area contributed by atoms with Gasteiger partial charge in [-0.3, -0.25) is 19.3 Å². The van der Waals surface area contributed by atoms with Crippen molar-refractivity contribution in [2.45, 2.75) is 13.5 Å². The van der Waals surface area contributed by atoms with E-state index >= 15 is 0 Å². The van der Waals surface area contributed by atoms with Crippen LogP contribution in [0.2, 0.25) is 5.02 Å². The Morgan fingerprint density at radius 3 is 2.62 bits per heavy atom. The highest BCUT2D eigenvalue weighted by Crippen LogP contribution is 2.35. The summed E-state index contributed by atoms with van der Waals surface area (Å²) in [6.07, 6.45) is 1.54. The van der Waals surface area contributed by atoms with Crippen molar-refractivity contribution >= 4 is 52.2 Å². The van der Waals surface area contributed by atoms with Crippen LogP contribution in [-0.2, 0) is 16.2 Å². The summed E-state index contributed by atoms with van der Waals surface area (Å²) in [7, 11) is 0. The molecule has 0 bridgehead atoms. The quantitative estimate of drug-likeness (QED) is 0.329. The number of carbonyl (C=O) groups excluding carboxylic acids is 3. The molecule has 3 aromatic rings. The van der Waals surface area contributed by atoms with Gasteiger partial charge in [0.25, 0.3) is 11.1 Å². The minimum atomic E-state index is -0.575. The first-order chi connectivity index (χ1) is 17.8. The van der Waals surface area contributed by atoms with Gasteiger partial charge in [-0.2, -0.15) is 0 Å². The van der Waals surface area contributed by atoms with Gasteiger partial charge in [-0.25, -0.2) is 4.39 Å². The van der Waals surface area contributed by atoms with Crippen LogP contribution in [0, 0.1) is 5.82 Å². The number of amides is 3. The number of nitrogens with one attached hydrogen (secondary N) is 1. The summed E-state index contributed by atoms with van der Waals surface area (Å²) in [6, 6.07) is 17.9. The van der Waals surface area contributed by atoms with Gasteiger partial charge in [0.2, 0.25) is 5.91 Å². The van der Waals surface area contributed by atoms with E-state index in [9.17, 15) is 18.8 Å². The second-order valence-electron chi connectivity index (χ2n) is 7.85. The van der Waals surface area contributed by atoms with E-state index < -0.39 is 23.6 Å². The molecule has 37 heavy (non-hydrogen) atoms. The maximum atomic E-state index is 13.9. The van der Waals surface area contributed by atoms with E-state index in [0.29, 0.717) is 39.9 Å². The molecule has 0 aromatic heterocycles. The molecule has 1 saturated heterocycles. The van der Waals surface area contributed by atoms with Crippen LogP contribution in [0.1, 0.15) is 18.1 Å². The first-order valence-electron chi connectivity index (χ1n) is 11.3. The summed E-state index contributed by atoms with van der Waals surface area (Å²) in [5.41, 5.74) is 1.46. The van der Waals surface area contributed by atoms with Gasteiger partial charge in [-0.05, 0) is 66.7 Å². The number of anilines is 1. The fraction of sp³-hybridized carbons (Fsp3) is 0.148. The van der Waals surface area contributed by atoms with E-state index in [4.69, 9.17) is 21.1 Å². The monoisotopic (exact) mass is 540 g/mol. The van der Waals surface area contributed by atoms with Crippen molar-refractivity contribution in [2.24, 2.45) is 0 Å². The molecule has 7 nitrogen and oxygen atoms in total. The van der Waals surface area contributed by atoms with Gasteiger partial charge >= 0.3 is 0 Å². The molecule has 1 N–H and O–H groups in total. The fourth-order valence-electron chi connectivity index (χ4n) is 3.47. The Kier molecular flexibility index (Phi) is 8.47. The summed E-state index contributed by atoms with van der Waals surface area (Å²) < 4.78 is 25.4. The largest absolute Gasteiger partial charge is 0.490 e. The lowest BCUT2D eigenvalue weighted by Gasteiger charge is -2.13. The topological polar surface area (TPSA) is 84.9 Å². The number of imide groups is 1. The normalized spacial score (nSPS) is 14.2. The van der Waals surface area contributed by atoms with Crippen molar-refractivity contribution in [3.63, 3.8) is 0 Å². The third kappa shape index (κ3) is 6.69. The van der Waals surface area contributed by atoms with Gasteiger partial charge in [-0.15, -0.1) is 0 Å². The average Bonchev–Trinajstić information content (AvgIpc) is 3.12. The molecule has 0 radical (unpaired) electrons. The van der Waals surface area contributed by atoms with Crippen molar-refractivity contribution in [1.29, 1.82) is 0 Å². The van der Waals surface area contributed by atoms with Crippen LogP contribution >= 0.6 is 23.4 Å². The van der Waals surface area contributed by atoms with E-state index in [1.807, 2.05) is 6.92 Å². The van der Waals surface area contributed by atoms with Crippen LogP contribution in [0.3, 0.4) is 0 Å². The third-order valence-corrected chi connectivity index (χ3v) is 6.33. The van der Waals surface area contributed by atoms with Gasteiger partial charge in [0.1, 0.15) is 19.0 Å². The fourth-order valence-corrected chi connectivity index (χ4v) is 4.50. The highest BCUT2D eigenvalue weighted by Gasteiger charge is 2.36. The minimum absolute atomic E-state index is 0.0161. The van der Waals surface area contributed by atoms with Crippen LogP contribution in [0.15, 0.2) is 71.6 Å². The Labute approximate surface area is 222 Å². The zero-order valence-electron chi connectivity index (χ0n) is 19.7. The molecule has 1 aliphatic rings. The highest BCUT2D eigenvalue weighted by atomic mass is 35.5. The van der Waals surface area contributed by atoms with Gasteiger partial charge in [0.05, 0.1) is 11.5 Å². The summed E-state index contributed by atoms with van der Waals surface area (Å²) in [4.78, 5) is 38.7. The van der Waals surface area contributed by atoms with Crippen LogP contribution in [-0.4, -0.2) is 35.1 Å². The molecule has 4 rings (SSSR count). The Balaban J connectivity index is 1.45. The van der Waals surface area contributed by atoms with Gasteiger partial charge < -0.3 is 14.8 Å². The number of ether oxygens (including phenoxy) is 2. The van der Waals surface area contributed by atoms with Crippen LogP contribution in [0.4, 0.5) is 14.9 Å². The third-order valence-electron chi connectivity index (χ3n) is 5.19. The zero-order valence-corrected chi connectivity index (χ0v) is 21.3. The zero-order chi connectivity index (χ0) is 26.4. The molecule has 1 fully saturated rings. The van der Waals surface area contributed by atoms with E-state index in [-0.39, 0.29) is 17.3 Å². The lowest BCUT2D eigenvalue weighted by molar-refractivity contribution is -0.127. The van der Waals surface area contributed by atoms with E-state index in [0.717, 1.165) is 16.7 Å². The van der Waals surface area contributed by atoms with E-state index in [1.54, 1.807) is 66.7 Å². The molecule has 1 aliphatic heterocycles. The highest BCUT2D eigenvalue weighted by molar-refractivity contribution is 8.18. The minimum Gasteiger partial charge on any atom is -0.490 e. The molecule has 0 aliphatic carbocycles. The molecule has 0 atom stereocenters. The maximum Gasteiger partial charge on any atom is 0.294 e. The molecule has 0 unspecified atom stereocenters. The molecule has 0 spiro atoms. The first kappa shape index (κ1) is 26.2. The number of thioether (sulfide) groups is 1. The summed E-state index contributed by atoms with van der Waals surface area (Å²) >= 11 is 6.66. The lowest BCUT2D eigenvalue weighted by atomic mass is 10.1. The van der Waals surface area contributed by atoms with Crippen molar-refractivity contribution in [2.75, 3.05) is 18.5 Å². The summed E-state index contributed by atoms with van der Waals surface area (Å²) in [6.45, 7) is 1.76. The van der Waals surface area contributed by atoms with Crippen molar-refractivity contribution in [3.8, 4) is 11.5 Å². The van der Waals surface area contributed by atoms with Crippen molar-refractivity contribution in [1.82, 2.24) is 4.90 Å². The Morgan fingerprint density at radius 2 is 1.86 bits per heavy atom. The first-order valence-corrected chi connectivity index (χ1v) is 12.5. The van der Waals surface area contributed by atoms with Gasteiger partial charge in [0.15, 0.2) is 11.5 Å². The molecule has 1 heterocycles. The summed E-state index contributed by atoms with van der Waals surface area (Å²) in [5, 5.41) is 2.52. The second kappa shape index (κ2) is 11.9. The predicted molar refractivity (Wildman–Crippen MR) is 141 cm³/mol. The standard InChI is InChI=1S/C27H22ClFN2O5S/c1-2-35-23-12-17(10-11-22(23)36-16-18-6-3-4-9-21(18)29)13-24-26(33)31(27(34)37-24)15-25(32)30-20-8-5-7-19(28)14-20/h3-14H,2,15-16H2,1H3,(H,30,32)/b24-13+. The molecule has 190 valence electrons. The van der Waals surface area contributed by atoms with E-state index in [1.165, 1.54) is 6.07 Å². The van der Waals surface area contributed by atoms with Crippen molar-refractivity contribution in [3.05, 3.63) is 93.6 Å². The molecular weight excluding hydrogens is 519 g/mol. The molecule has 3 aromatic carbocycles. The SMILES string of the molecule is CCOc1cc(/C=C2/SC(=O)N(CC(=O)Nc3cccc(Cl)c3)C2=O)ccc1OCc1ccccc1F. The molecular formula is C27H22ClFN2O5S. The predicted octanol–water partition coefficient (Wildman–Crippen LogP) is 6.13. The maximum absolute atomic E-state index is 13.9. The van der Waals surface area contributed by atoms with Crippen molar-refractivity contribution < 1.29 is 28.2 Å². The number of rotatable bonds is 9. The number of hydrogen-bond acceptors (Lipinski definition) is 6. The Morgan fingerprint density at radius 1 is 1.05 bits per heavy atom. The number of nitrogens with zero attached hydrogens (tertiary/aromatic N) is 1. The Bertz CT molecular complexity index is 1380. The Hall–Kier alpha value is -3.82. The van der Waals surface area contributed by atoms with Gasteiger partial charge in [0, 0.05) is 16.3 Å². The molecule has 0 saturated carbocycles. The number of halogens is 2. The number of carbonyl (C=O) groups is 3. The number of hydrogen-bond donors (Lipinski definition) is 1. The number of benzene rings is 3. The van der Waals surface area contributed by atoms with Crippen LogP contribution in [0.25, 0.3) is 6.08 Å². The smallest absolute Gasteiger partial charge is 0.294 e. The molecule has 3 amide bonds. The summed E-state index contributed by atoms with van der Waals surface area (Å²) in [5.74, 6) is -0.648.